The second-order valence-electron chi connectivity index (χ2n) is 12.1. The third kappa shape index (κ3) is 5.99. The molecule has 1 amide bonds. The summed E-state index contributed by atoms with van der Waals surface area (Å²) in [5.41, 5.74) is 6.43. The van der Waals surface area contributed by atoms with Gasteiger partial charge in [-0.05, 0) is 98.5 Å². The summed E-state index contributed by atoms with van der Waals surface area (Å²) < 4.78 is 11.8. The first-order chi connectivity index (χ1) is 19.2. The second kappa shape index (κ2) is 12.0. The maximum Gasteiger partial charge on any atom is 0.232 e. The fraction of sp³-hybridized carbons (Fsp3) is 0.457. The standard InChI is InChI=1S/C35H44N2O3/c1-23(2)40-33-21-31-28(19-32(33)39-6)20-34(38)37(35(31)27-13-9-25(4)10-14-27)30-17-15-29(16-18-30)36(5)22-26-11-7-24(3)8-12-26/h9-10,13-19,21,23-24,26,35H,7-8,11-12,20,22H2,1-6H3/t24?,26?,35-/m0/s1. The molecule has 3 aromatic rings. The highest BCUT2D eigenvalue weighted by atomic mass is 16.5. The van der Waals surface area contributed by atoms with E-state index in [0.29, 0.717) is 17.9 Å². The number of carbonyl (C=O) groups is 1. The predicted molar refractivity (Wildman–Crippen MR) is 164 cm³/mol. The minimum Gasteiger partial charge on any atom is -0.493 e. The lowest BCUT2D eigenvalue weighted by Crippen LogP contribution is -2.41. The maximum absolute atomic E-state index is 13.8. The van der Waals surface area contributed by atoms with Gasteiger partial charge in [0.25, 0.3) is 0 Å². The summed E-state index contributed by atoms with van der Waals surface area (Å²) in [5.74, 6) is 3.07. The maximum atomic E-state index is 13.8. The van der Waals surface area contributed by atoms with E-state index in [1.54, 1.807) is 7.11 Å². The smallest absolute Gasteiger partial charge is 0.232 e. The van der Waals surface area contributed by atoms with Crippen molar-refractivity contribution in [3.63, 3.8) is 0 Å². The first-order valence-corrected chi connectivity index (χ1v) is 14.8. The number of anilines is 2. The van der Waals surface area contributed by atoms with Crippen LogP contribution in [0.25, 0.3) is 0 Å². The van der Waals surface area contributed by atoms with Gasteiger partial charge in [-0.3, -0.25) is 4.79 Å². The predicted octanol–water partition coefficient (Wildman–Crippen LogP) is 7.73. The number of ether oxygens (including phenoxy) is 2. The molecule has 0 unspecified atom stereocenters. The Hall–Kier alpha value is -3.47. The number of rotatable bonds is 8. The van der Waals surface area contributed by atoms with Crippen LogP contribution in [-0.2, 0) is 11.2 Å². The highest BCUT2D eigenvalue weighted by Gasteiger charge is 2.36. The molecule has 1 fully saturated rings. The number of hydrogen-bond donors (Lipinski definition) is 0. The lowest BCUT2D eigenvalue weighted by atomic mass is 9.83. The van der Waals surface area contributed by atoms with Crippen LogP contribution in [0.2, 0.25) is 0 Å². The van der Waals surface area contributed by atoms with Crippen LogP contribution in [0.15, 0.2) is 60.7 Å². The third-order valence-electron chi connectivity index (χ3n) is 8.58. The van der Waals surface area contributed by atoms with Crippen LogP contribution < -0.4 is 19.3 Å². The van der Waals surface area contributed by atoms with Crippen LogP contribution in [-0.4, -0.2) is 32.7 Å². The lowest BCUT2D eigenvalue weighted by Gasteiger charge is -2.38. The van der Waals surface area contributed by atoms with Crippen LogP contribution in [0.4, 0.5) is 11.4 Å². The average Bonchev–Trinajstić information content (AvgIpc) is 2.94. The van der Waals surface area contributed by atoms with Crippen molar-refractivity contribution in [3.05, 3.63) is 82.9 Å². The molecule has 5 heteroatoms. The van der Waals surface area contributed by atoms with Gasteiger partial charge in [0, 0.05) is 25.0 Å². The molecule has 1 atom stereocenters. The van der Waals surface area contributed by atoms with Crippen molar-refractivity contribution in [1.29, 1.82) is 0 Å². The van der Waals surface area contributed by atoms with Gasteiger partial charge in [0.2, 0.25) is 5.91 Å². The van der Waals surface area contributed by atoms with Crippen LogP contribution >= 0.6 is 0 Å². The molecule has 0 N–H and O–H groups in total. The van der Waals surface area contributed by atoms with E-state index in [-0.39, 0.29) is 18.1 Å². The molecule has 2 aliphatic rings. The first kappa shape index (κ1) is 28.1. The molecule has 1 aliphatic heterocycles. The monoisotopic (exact) mass is 540 g/mol. The molecule has 212 valence electrons. The lowest BCUT2D eigenvalue weighted by molar-refractivity contribution is -0.118. The topological polar surface area (TPSA) is 42.0 Å². The molecule has 0 bridgehead atoms. The molecule has 0 aromatic heterocycles. The Bertz CT molecular complexity index is 1310. The summed E-state index contributed by atoms with van der Waals surface area (Å²) in [5, 5.41) is 0. The van der Waals surface area contributed by atoms with E-state index in [0.717, 1.165) is 40.8 Å². The van der Waals surface area contributed by atoms with Crippen molar-refractivity contribution in [2.75, 3.05) is 30.5 Å². The molecule has 1 aliphatic carbocycles. The highest BCUT2D eigenvalue weighted by molar-refractivity contribution is 5.98. The summed E-state index contributed by atoms with van der Waals surface area (Å²) in [6, 6.07) is 20.8. The van der Waals surface area contributed by atoms with Crippen LogP contribution in [0.1, 0.15) is 74.8 Å². The SMILES string of the molecule is COc1cc2c(cc1OC(C)C)[C@H](c1ccc(C)cc1)N(c1ccc(N(C)CC3CCC(C)CC3)cc1)C(=O)C2. The molecule has 5 nitrogen and oxygen atoms in total. The van der Waals surface area contributed by atoms with Gasteiger partial charge in [0.15, 0.2) is 11.5 Å². The average molecular weight is 541 g/mol. The Balaban J connectivity index is 1.49. The molecule has 5 rings (SSSR count). The summed E-state index contributed by atoms with van der Waals surface area (Å²) in [6.07, 6.45) is 5.64. The number of fused-ring (bicyclic) bond motifs is 1. The Kier molecular flexibility index (Phi) is 8.39. The van der Waals surface area contributed by atoms with Gasteiger partial charge in [-0.15, -0.1) is 0 Å². The number of methoxy groups -OCH3 is 1. The Morgan fingerprint density at radius 3 is 2.25 bits per heavy atom. The van der Waals surface area contributed by atoms with Crippen molar-refractivity contribution in [2.45, 2.75) is 71.9 Å². The van der Waals surface area contributed by atoms with E-state index in [1.165, 1.54) is 36.9 Å². The molecule has 1 heterocycles. The Morgan fingerprint density at radius 1 is 0.950 bits per heavy atom. The number of benzene rings is 3. The van der Waals surface area contributed by atoms with E-state index in [9.17, 15) is 4.79 Å². The van der Waals surface area contributed by atoms with Gasteiger partial charge in [-0.1, -0.05) is 49.6 Å². The van der Waals surface area contributed by atoms with Crippen molar-refractivity contribution in [2.24, 2.45) is 11.8 Å². The fourth-order valence-corrected chi connectivity index (χ4v) is 6.30. The molecular formula is C35H44N2O3. The Morgan fingerprint density at radius 2 is 1.62 bits per heavy atom. The number of carbonyl (C=O) groups excluding carboxylic acids is 1. The van der Waals surface area contributed by atoms with Gasteiger partial charge in [-0.25, -0.2) is 0 Å². The Labute approximate surface area is 240 Å². The van der Waals surface area contributed by atoms with Crippen molar-refractivity contribution < 1.29 is 14.3 Å². The van der Waals surface area contributed by atoms with E-state index < -0.39 is 0 Å². The highest BCUT2D eigenvalue weighted by Crippen LogP contribution is 2.44. The van der Waals surface area contributed by atoms with Crippen molar-refractivity contribution >= 4 is 17.3 Å². The second-order valence-corrected chi connectivity index (χ2v) is 12.1. The summed E-state index contributed by atoms with van der Waals surface area (Å²) >= 11 is 0. The zero-order chi connectivity index (χ0) is 28.4. The van der Waals surface area contributed by atoms with Crippen LogP contribution in [0.3, 0.4) is 0 Å². The van der Waals surface area contributed by atoms with Gasteiger partial charge in [-0.2, -0.15) is 0 Å². The molecule has 3 aromatic carbocycles. The molecule has 0 radical (unpaired) electrons. The van der Waals surface area contributed by atoms with E-state index in [1.807, 2.05) is 24.8 Å². The minimum absolute atomic E-state index is 0.00708. The van der Waals surface area contributed by atoms with E-state index >= 15 is 0 Å². The first-order valence-electron chi connectivity index (χ1n) is 14.8. The zero-order valence-corrected chi connectivity index (χ0v) is 24.9. The molecule has 0 saturated heterocycles. The van der Waals surface area contributed by atoms with Crippen LogP contribution in [0, 0.1) is 18.8 Å². The number of aryl methyl sites for hydroxylation is 1. The van der Waals surface area contributed by atoms with Gasteiger partial charge in [0.1, 0.15) is 0 Å². The van der Waals surface area contributed by atoms with Crippen molar-refractivity contribution in [1.82, 2.24) is 0 Å². The molecule has 40 heavy (non-hydrogen) atoms. The summed E-state index contributed by atoms with van der Waals surface area (Å²) in [4.78, 5) is 18.2. The summed E-state index contributed by atoms with van der Waals surface area (Å²) in [6.45, 7) is 9.56. The molecule has 0 spiro atoms. The van der Waals surface area contributed by atoms with E-state index in [2.05, 4.69) is 80.4 Å². The molecular weight excluding hydrogens is 496 g/mol. The van der Waals surface area contributed by atoms with Crippen LogP contribution in [0.5, 0.6) is 11.5 Å². The van der Waals surface area contributed by atoms with Gasteiger partial charge in [0.05, 0.1) is 25.7 Å². The van der Waals surface area contributed by atoms with Gasteiger partial charge < -0.3 is 19.3 Å². The fourth-order valence-electron chi connectivity index (χ4n) is 6.30. The van der Waals surface area contributed by atoms with Gasteiger partial charge >= 0.3 is 0 Å². The third-order valence-corrected chi connectivity index (χ3v) is 8.58. The normalized spacial score (nSPS) is 20.8. The van der Waals surface area contributed by atoms with E-state index in [4.69, 9.17) is 9.47 Å². The minimum atomic E-state index is -0.259. The number of hydrogen-bond acceptors (Lipinski definition) is 4. The zero-order valence-electron chi connectivity index (χ0n) is 24.9. The summed E-state index contributed by atoms with van der Waals surface area (Å²) in [7, 11) is 3.84. The quantitative estimate of drug-likeness (QED) is 0.293. The number of amides is 1. The largest absolute Gasteiger partial charge is 0.493 e. The molecule has 1 saturated carbocycles. The van der Waals surface area contributed by atoms with Crippen molar-refractivity contribution in [3.8, 4) is 11.5 Å². The number of nitrogens with zero attached hydrogens (tertiary/aromatic N) is 2.